The molecule has 2 saturated heterocycles. The van der Waals surface area contributed by atoms with Gasteiger partial charge in [0.25, 0.3) is 0 Å². The van der Waals surface area contributed by atoms with E-state index in [1.807, 2.05) is 0 Å². The van der Waals surface area contributed by atoms with Crippen LogP contribution in [0.5, 0.6) is 0 Å². The highest BCUT2D eigenvalue weighted by molar-refractivity contribution is 5.14. The van der Waals surface area contributed by atoms with E-state index in [0.717, 1.165) is 38.9 Å². The Labute approximate surface area is 181 Å². The molecule has 0 aromatic carbocycles. The Balaban J connectivity index is 1.28. The molecule has 4 aliphatic carbocycles. The topological polar surface area (TPSA) is 57.2 Å². The van der Waals surface area contributed by atoms with E-state index in [2.05, 4.69) is 20.8 Å². The molecule has 0 bridgehead atoms. The molecular formula is C25H40O5. The minimum absolute atomic E-state index is 0.108. The first-order chi connectivity index (χ1) is 14.3. The highest BCUT2D eigenvalue weighted by Crippen LogP contribution is 2.69. The van der Waals surface area contributed by atoms with Crippen LogP contribution in [-0.4, -0.2) is 49.2 Å². The Morgan fingerprint density at radius 2 is 1.43 bits per heavy atom. The largest absolute Gasteiger partial charge is 0.393 e. The summed E-state index contributed by atoms with van der Waals surface area (Å²) >= 11 is 0. The Bertz CT molecular complexity index is 683. The fourth-order valence-electron chi connectivity index (χ4n) is 9.67. The van der Waals surface area contributed by atoms with Crippen molar-refractivity contribution in [1.29, 1.82) is 0 Å². The van der Waals surface area contributed by atoms with Crippen LogP contribution in [0.2, 0.25) is 0 Å². The first-order valence-corrected chi connectivity index (χ1v) is 12.5. The summed E-state index contributed by atoms with van der Waals surface area (Å²) < 4.78 is 24.5. The molecular weight excluding hydrogens is 380 g/mol. The summed E-state index contributed by atoms with van der Waals surface area (Å²) in [5, 5.41) is 11.7. The van der Waals surface area contributed by atoms with Gasteiger partial charge in [0.05, 0.1) is 32.5 Å². The summed E-state index contributed by atoms with van der Waals surface area (Å²) in [7, 11) is 0. The van der Waals surface area contributed by atoms with E-state index in [1.165, 1.54) is 25.7 Å². The van der Waals surface area contributed by atoms with Gasteiger partial charge in [0.2, 0.25) is 0 Å². The first-order valence-electron chi connectivity index (χ1n) is 12.5. The molecule has 0 amide bonds. The molecule has 5 heteroatoms. The van der Waals surface area contributed by atoms with Gasteiger partial charge in [0.15, 0.2) is 11.6 Å². The fourth-order valence-corrected chi connectivity index (χ4v) is 9.67. The number of hydrogen-bond donors (Lipinski definition) is 1. The highest BCUT2D eigenvalue weighted by atomic mass is 16.7. The third-order valence-corrected chi connectivity index (χ3v) is 10.9. The summed E-state index contributed by atoms with van der Waals surface area (Å²) in [4.78, 5) is 0. The molecule has 1 N–H and O–H groups in total. The molecule has 170 valence electrons. The number of aliphatic hydroxyl groups is 1. The first kappa shape index (κ1) is 20.4. The van der Waals surface area contributed by atoms with Crippen molar-refractivity contribution >= 4 is 0 Å². The van der Waals surface area contributed by atoms with Gasteiger partial charge in [-0.2, -0.15) is 0 Å². The summed E-state index contributed by atoms with van der Waals surface area (Å²) in [5.74, 6) is 1.89. The van der Waals surface area contributed by atoms with E-state index in [4.69, 9.17) is 18.9 Å². The number of fused-ring (bicyclic) bond motifs is 5. The van der Waals surface area contributed by atoms with E-state index < -0.39 is 5.79 Å². The zero-order valence-electron chi connectivity index (χ0n) is 19.0. The molecule has 30 heavy (non-hydrogen) atoms. The monoisotopic (exact) mass is 420 g/mol. The van der Waals surface area contributed by atoms with Crippen LogP contribution < -0.4 is 0 Å². The molecule has 6 rings (SSSR count). The second-order valence-electron chi connectivity index (χ2n) is 12.0. The van der Waals surface area contributed by atoms with Crippen LogP contribution in [0.25, 0.3) is 0 Å². The molecule has 0 unspecified atom stereocenters. The van der Waals surface area contributed by atoms with Gasteiger partial charge in [-0.25, -0.2) is 0 Å². The summed E-state index contributed by atoms with van der Waals surface area (Å²) in [6.45, 7) is 9.96. The van der Waals surface area contributed by atoms with Gasteiger partial charge in [-0.15, -0.1) is 0 Å². The molecule has 2 heterocycles. The van der Waals surface area contributed by atoms with Crippen molar-refractivity contribution in [2.24, 2.45) is 40.4 Å². The SMILES string of the molecule is CC1([C@@H]2CC[C@@H]3[C@@H]4CC[C@@H]5CC6(CC[C@]5(C)[C@@H]4[C@@H](O)C[C@@]32C)OCCO6)OCCO1. The van der Waals surface area contributed by atoms with Gasteiger partial charge in [0, 0.05) is 18.8 Å². The summed E-state index contributed by atoms with van der Waals surface area (Å²) in [6.07, 6.45) is 8.70. The van der Waals surface area contributed by atoms with Crippen molar-refractivity contribution in [3.8, 4) is 0 Å². The molecule has 5 nitrogen and oxygen atoms in total. The van der Waals surface area contributed by atoms with E-state index in [1.54, 1.807) is 0 Å². The normalized spacial score (nSPS) is 54.0. The minimum Gasteiger partial charge on any atom is -0.393 e. The summed E-state index contributed by atoms with van der Waals surface area (Å²) in [5.41, 5.74) is 0.309. The van der Waals surface area contributed by atoms with Crippen LogP contribution in [-0.2, 0) is 18.9 Å². The van der Waals surface area contributed by atoms with Crippen molar-refractivity contribution < 1.29 is 24.1 Å². The van der Waals surface area contributed by atoms with Crippen LogP contribution in [0.3, 0.4) is 0 Å². The Morgan fingerprint density at radius 3 is 2.17 bits per heavy atom. The van der Waals surface area contributed by atoms with Crippen molar-refractivity contribution in [2.45, 2.75) is 89.8 Å². The average Bonchev–Trinajstić information content (AvgIpc) is 3.41. The van der Waals surface area contributed by atoms with Gasteiger partial charge in [-0.05, 0) is 80.0 Å². The average molecular weight is 421 g/mol. The molecule has 2 aliphatic heterocycles. The predicted octanol–water partition coefficient (Wildman–Crippen LogP) is 4.12. The Hall–Kier alpha value is -0.200. The molecule has 0 aromatic heterocycles. The molecule has 1 spiro atoms. The lowest BCUT2D eigenvalue weighted by Gasteiger charge is -2.63. The smallest absolute Gasteiger partial charge is 0.169 e. The fraction of sp³-hybridized carbons (Fsp3) is 1.00. The van der Waals surface area contributed by atoms with E-state index in [9.17, 15) is 5.11 Å². The lowest BCUT2D eigenvalue weighted by Crippen LogP contribution is -2.61. The zero-order chi connectivity index (χ0) is 20.8. The third-order valence-electron chi connectivity index (χ3n) is 10.9. The van der Waals surface area contributed by atoms with E-state index >= 15 is 0 Å². The maximum Gasteiger partial charge on any atom is 0.169 e. The van der Waals surface area contributed by atoms with Crippen molar-refractivity contribution in [2.75, 3.05) is 26.4 Å². The molecule has 6 aliphatic rings. The predicted molar refractivity (Wildman–Crippen MR) is 112 cm³/mol. The number of aliphatic hydroxyl groups excluding tert-OH is 1. The Kier molecular flexibility index (Phi) is 4.53. The van der Waals surface area contributed by atoms with Crippen LogP contribution in [0.4, 0.5) is 0 Å². The minimum atomic E-state index is -0.467. The number of ether oxygens (including phenoxy) is 4. The highest BCUT2D eigenvalue weighted by Gasteiger charge is 2.67. The second kappa shape index (κ2) is 6.66. The molecule has 0 aromatic rings. The van der Waals surface area contributed by atoms with E-state index in [-0.39, 0.29) is 22.7 Å². The number of rotatable bonds is 1. The second-order valence-corrected chi connectivity index (χ2v) is 12.0. The van der Waals surface area contributed by atoms with Gasteiger partial charge in [0.1, 0.15) is 0 Å². The Morgan fingerprint density at radius 1 is 0.733 bits per heavy atom. The molecule has 8 atom stereocenters. The van der Waals surface area contributed by atoms with E-state index in [0.29, 0.717) is 42.8 Å². The summed E-state index contributed by atoms with van der Waals surface area (Å²) in [6, 6.07) is 0. The van der Waals surface area contributed by atoms with Crippen molar-refractivity contribution in [1.82, 2.24) is 0 Å². The molecule has 4 saturated carbocycles. The van der Waals surface area contributed by atoms with Crippen LogP contribution in [0, 0.1) is 40.4 Å². The molecule has 0 radical (unpaired) electrons. The third kappa shape index (κ3) is 2.65. The maximum absolute atomic E-state index is 11.7. The van der Waals surface area contributed by atoms with Crippen molar-refractivity contribution in [3.05, 3.63) is 0 Å². The van der Waals surface area contributed by atoms with Gasteiger partial charge < -0.3 is 24.1 Å². The molecule has 6 fully saturated rings. The van der Waals surface area contributed by atoms with Gasteiger partial charge in [-0.1, -0.05) is 13.8 Å². The zero-order valence-corrected chi connectivity index (χ0v) is 19.0. The van der Waals surface area contributed by atoms with Gasteiger partial charge in [-0.3, -0.25) is 0 Å². The van der Waals surface area contributed by atoms with Crippen LogP contribution >= 0.6 is 0 Å². The lowest BCUT2D eigenvalue weighted by molar-refractivity contribution is -0.254. The maximum atomic E-state index is 11.7. The number of hydrogen-bond acceptors (Lipinski definition) is 5. The lowest BCUT2D eigenvalue weighted by atomic mass is 9.43. The standard InChI is InChI=1S/C25H40O5/c1-22-8-9-25(29-12-13-30-25)14-16(22)4-5-17-18-6-7-20(24(3)27-10-11-28-24)23(18,2)15-19(26)21(17)22/h16-21,26H,4-15H2,1-3H3/t16-,17+,18-,19+,20-,21+,22+,23+/m1/s1. The quantitative estimate of drug-likeness (QED) is 0.691. The van der Waals surface area contributed by atoms with Crippen molar-refractivity contribution in [3.63, 3.8) is 0 Å². The van der Waals surface area contributed by atoms with Crippen LogP contribution in [0.15, 0.2) is 0 Å². The van der Waals surface area contributed by atoms with Gasteiger partial charge >= 0.3 is 0 Å². The van der Waals surface area contributed by atoms with Crippen LogP contribution in [0.1, 0.15) is 72.1 Å².